The molecule has 2 aliphatic heterocycles. The van der Waals surface area contributed by atoms with E-state index in [9.17, 15) is 0 Å². The van der Waals surface area contributed by atoms with E-state index in [0.717, 1.165) is 17.9 Å². The number of fused-ring (bicyclic) bond motifs is 1. The zero-order chi connectivity index (χ0) is 8.55. The lowest BCUT2D eigenvalue weighted by Crippen LogP contribution is -2.31. The molecule has 0 bridgehead atoms. The Morgan fingerprint density at radius 1 is 1.50 bits per heavy atom. The van der Waals surface area contributed by atoms with Gasteiger partial charge in [0.15, 0.2) is 5.29 Å². The van der Waals surface area contributed by atoms with Gasteiger partial charge in [0, 0.05) is 5.75 Å². The Morgan fingerprint density at radius 2 is 2.33 bits per heavy atom. The second-order valence-electron chi connectivity index (χ2n) is 2.74. The molecule has 1 fully saturated rings. The molecule has 1 N–H and O–H groups in total. The minimum absolute atomic E-state index is 0.229. The Hall–Kier alpha value is 0.140. The van der Waals surface area contributed by atoms with Crippen molar-refractivity contribution in [3.8, 4) is 0 Å². The molecule has 12 heavy (non-hydrogen) atoms. The Labute approximate surface area is 85.4 Å². The zero-order valence-electron chi connectivity index (χ0n) is 6.31. The smallest absolute Gasteiger partial charge is 0.197 e. The fourth-order valence-electron chi connectivity index (χ4n) is 1.34. The molecule has 1 atom stereocenters. The van der Waals surface area contributed by atoms with E-state index in [1.807, 2.05) is 11.8 Å². The summed E-state index contributed by atoms with van der Waals surface area (Å²) in [5.74, 6) is 2.12. The zero-order valence-corrected chi connectivity index (χ0v) is 8.64. The predicted molar refractivity (Wildman–Crippen MR) is 55.0 cm³/mol. The molecule has 0 radical (unpaired) electrons. The molecule has 0 amide bonds. The summed E-state index contributed by atoms with van der Waals surface area (Å²) in [7, 11) is 0. The first-order chi connectivity index (χ1) is 5.77. The van der Waals surface area contributed by atoms with Crippen molar-refractivity contribution < 1.29 is 0 Å². The Bertz CT molecular complexity index is 262. The van der Waals surface area contributed by atoms with Gasteiger partial charge in [-0.1, -0.05) is 11.6 Å². The van der Waals surface area contributed by atoms with Gasteiger partial charge in [-0.2, -0.15) is 11.8 Å². The van der Waals surface area contributed by atoms with Crippen LogP contribution in [0.4, 0.5) is 0 Å². The van der Waals surface area contributed by atoms with Gasteiger partial charge in [0.1, 0.15) is 5.16 Å². The lowest BCUT2D eigenvalue weighted by molar-refractivity contribution is 0.716. The van der Waals surface area contributed by atoms with Crippen molar-refractivity contribution in [3.05, 3.63) is 10.7 Å². The second-order valence-corrected chi connectivity index (χ2v) is 4.58. The Balaban J connectivity index is 2.25. The first kappa shape index (κ1) is 8.73. The summed E-state index contributed by atoms with van der Waals surface area (Å²) in [5, 5.41) is 3.92. The van der Waals surface area contributed by atoms with Crippen LogP contribution < -0.4 is 5.32 Å². The van der Waals surface area contributed by atoms with Gasteiger partial charge in [-0.05, 0) is 29.3 Å². The topological polar surface area (TPSA) is 24.4 Å². The summed E-state index contributed by atoms with van der Waals surface area (Å²) in [4.78, 5) is 4.27. The van der Waals surface area contributed by atoms with E-state index in [4.69, 9.17) is 23.2 Å². The highest BCUT2D eigenvalue weighted by molar-refractivity contribution is 7.99. The SMILES string of the molecule is ClC1=N[C@H]2CCSCC2=C(Cl)N1. The molecule has 2 heterocycles. The summed E-state index contributed by atoms with van der Waals surface area (Å²) in [5.41, 5.74) is 1.19. The molecule has 0 aromatic rings. The molecule has 0 unspecified atom stereocenters. The maximum atomic E-state index is 5.97. The van der Waals surface area contributed by atoms with E-state index in [2.05, 4.69) is 10.3 Å². The number of halogens is 2. The molecule has 0 aromatic carbocycles. The van der Waals surface area contributed by atoms with Gasteiger partial charge >= 0.3 is 0 Å². The Morgan fingerprint density at radius 3 is 3.17 bits per heavy atom. The second kappa shape index (κ2) is 3.48. The number of hydrogen-bond donors (Lipinski definition) is 1. The van der Waals surface area contributed by atoms with E-state index in [-0.39, 0.29) is 6.04 Å². The van der Waals surface area contributed by atoms with Gasteiger partial charge in [-0.3, -0.25) is 0 Å². The van der Waals surface area contributed by atoms with E-state index in [1.54, 1.807) is 0 Å². The van der Waals surface area contributed by atoms with Gasteiger partial charge < -0.3 is 5.32 Å². The van der Waals surface area contributed by atoms with Crippen molar-refractivity contribution in [3.63, 3.8) is 0 Å². The number of amidine groups is 1. The van der Waals surface area contributed by atoms with Crippen molar-refractivity contribution in [2.75, 3.05) is 11.5 Å². The average Bonchev–Trinajstić information content (AvgIpc) is 2.04. The van der Waals surface area contributed by atoms with Gasteiger partial charge in [-0.15, -0.1) is 0 Å². The normalized spacial score (nSPS) is 29.2. The maximum absolute atomic E-state index is 5.97. The number of nitrogens with one attached hydrogen (secondary N) is 1. The minimum atomic E-state index is 0.229. The molecule has 1 saturated heterocycles. The van der Waals surface area contributed by atoms with Gasteiger partial charge in [0.2, 0.25) is 0 Å². The minimum Gasteiger partial charge on any atom is -0.321 e. The first-order valence-corrected chi connectivity index (χ1v) is 5.65. The van der Waals surface area contributed by atoms with Crippen LogP contribution in [0.2, 0.25) is 0 Å². The Kier molecular flexibility index (Phi) is 2.53. The fraction of sp³-hybridized carbons (Fsp3) is 0.571. The van der Waals surface area contributed by atoms with Crippen LogP contribution in [-0.4, -0.2) is 22.8 Å². The number of nitrogens with zero attached hydrogens (tertiary/aromatic N) is 1. The molecule has 66 valence electrons. The van der Waals surface area contributed by atoms with Crippen LogP contribution >= 0.6 is 35.0 Å². The van der Waals surface area contributed by atoms with Crippen LogP contribution in [-0.2, 0) is 0 Å². The van der Waals surface area contributed by atoms with Gasteiger partial charge in [-0.25, -0.2) is 4.99 Å². The lowest BCUT2D eigenvalue weighted by atomic mass is 10.1. The van der Waals surface area contributed by atoms with Crippen LogP contribution in [0, 0.1) is 0 Å². The largest absolute Gasteiger partial charge is 0.321 e. The quantitative estimate of drug-likeness (QED) is 0.636. The third-order valence-electron chi connectivity index (χ3n) is 1.96. The predicted octanol–water partition coefficient (Wildman–Crippen LogP) is 2.14. The molecule has 0 aromatic heterocycles. The molecule has 0 spiro atoms. The third kappa shape index (κ3) is 1.58. The van der Waals surface area contributed by atoms with E-state index in [0.29, 0.717) is 10.5 Å². The van der Waals surface area contributed by atoms with Gasteiger partial charge in [0.25, 0.3) is 0 Å². The van der Waals surface area contributed by atoms with Crippen molar-refractivity contribution in [2.24, 2.45) is 4.99 Å². The molecule has 2 aliphatic rings. The number of rotatable bonds is 0. The van der Waals surface area contributed by atoms with Crippen LogP contribution in [0.25, 0.3) is 0 Å². The molecular weight excluding hydrogens is 215 g/mol. The highest BCUT2D eigenvalue weighted by atomic mass is 35.5. The van der Waals surface area contributed by atoms with Crippen LogP contribution in [0.5, 0.6) is 0 Å². The first-order valence-electron chi connectivity index (χ1n) is 3.74. The number of hydrogen-bond acceptors (Lipinski definition) is 3. The summed E-state index contributed by atoms with van der Waals surface area (Å²) in [6.45, 7) is 0. The lowest BCUT2D eigenvalue weighted by Gasteiger charge is -2.26. The summed E-state index contributed by atoms with van der Waals surface area (Å²) in [6.07, 6.45) is 1.05. The maximum Gasteiger partial charge on any atom is 0.197 e. The van der Waals surface area contributed by atoms with Crippen molar-refractivity contribution in [1.82, 2.24) is 5.32 Å². The van der Waals surface area contributed by atoms with E-state index >= 15 is 0 Å². The van der Waals surface area contributed by atoms with Crippen LogP contribution in [0.15, 0.2) is 15.7 Å². The van der Waals surface area contributed by atoms with Gasteiger partial charge in [0.05, 0.1) is 6.04 Å². The molecule has 2 rings (SSSR count). The highest BCUT2D eigenvalue weighted by Crippen LogP contribution is 2.30. The van der Waals surface area contributed by atoms with Crippen molar-refractivity contribution in [1.29, 1.82) is 0 Å². The van der Waals surface area contributed by atoms with Crippen molar-refractivity contribution in [2.45, 2.75) is 12.5 Å². The molecule has 2 nitrogen and oxygen atoms in total. The standard InChI is InChI=1S/C7H8Cl2N2S/c8-6-4-3-12-2-1-5(4)10-7(9)11-6/h5H,1-3H2,(H,10,11)/t5-/m0/s1. The van der Waals surface area contributed by atoms with E-state index < -0.39 is 0 Å². The summed E-state index contributed by atoms with van der Waals surface area (Å²) in [6, 6.07) is 0.229. The van der Waals surface area contributed by atoms with Crippen molar-refractivity contribution >= 4 is 40.3 Å². The fourth-order valence-corrected chi connectivity index (χ4v) is 3.05. The molecular formula is C7H8Cl2N2S. The number of aliphatic imine (C=N–C) groups is 1. The molecule has 0 aliphatic carbocycles. The van der Waals surface area contributed by atoms with E-state index in [1.165, 1.54) is 5.57 Å². The average molecular weight is 223 g/mol. The monoisotopic (exact) mass is 222 g/mol. The number of thioether (sulfide) groups is 1. The highest BCUT2D eigenvalue weighted by Gasteiger charge is 2.25. The summed E-state index contributed by atoms with van der Waals surface area (Å²) >= 11 is 13.6. The van der Waals surface area contributed by atoms with Crippen LogP contribution in [0.3, 0.4) is 0 Å². The van der Waals surface area contributed by atoms with Crippen LogP contribution in [0.1, 0.15) is 6.42 Å². The summed E-state index contributed by atoms with van der Waals surface area (Å²) < 4.78 is 0. The molecule has 0 saturated carbocycles. The molecule has 5 heteroatoms. The third-order valence-corrected chi connectivity index (χ3v) is 3.53.